The van der Waals surface area contributed by atoms with Crippen molar-refractivity contribution in [3.8, 4) is 0 Å². The Morgan fingerprint density at radius 3 is 2.26 bits per heavy atom. The normalized spacial score (nSPS) is 12.5. The van der Waals surface area contributed by atoms with Gasteiger partial charge in [-0.2, -0.15) is 0 Å². The monoisotopic (exact) mass is 286 g/mol. The van der Waals surface area contributed by atoms with Gasteiger partial charge in [0.1, 0.15) is 5.82 Å². The molecular formula is C13H10ClF3N2. The summed E-state index contributed by atoms with van der Waals surface area (Å²) < 4.78 is 39.8. The molecule has 1 atom stereocenters. The second kappa shape index (κ2) is 5.61. The topological polar surface area (TPSA) is 38.0 Å². The summed E-state index contributed by atoms with van der Waals surface area (Å²) in [5.74, 6) is 2.82. The van der Waals surface area contributed by atoms with Crippen molar-refractivity contribution >= 4 is 11.6 Å². The van der Waals surface area contributed by atoms with Gasteiger partial charge in [0.15, 0.2) is 11.6 Å². The number of benzene rings is 2. The van der Waals surface area contributed by atoms with Crippen molar-refractivity contribution < 1.29 is 13.2 Å². The first-order valence-corrected chi connectivity index (χ1v) is 5.76. The lowest BCUT2D eigenvalue weighted by Gasteiger charge is -2.18. The van der Waals surface area contributed by atoms with E-state index in [1.54, 1.807) is 0 Å². The molecule has 0 spiro atoms. The van der Waals surface area contributed by atoms with Crippen molar-refractivity contribution in [1.29, 1.82) is 0 Å². The van der Waals surface area contributed by atoms with Gasteiger partial charge in [-0.3, -0.25) is 5.84 Å². The Labute approximate surface area is 113 Å². The molecule has 1 unspecified atom stereocenters. The smallest absolute Gasteiger partial charge is 0.159 e. The first-order chi connectivity index (χ1) is 9.02. The minimum Gasteiger partial charge on any atom is -0.271 e. The zero-order valence-corrected chi connectivity index (χ0v) is 10.4. The summed E-state index contributed by atoms with van der Waals surface area (Å²) in [5.41, 5.74) is 2.81. The third-order valence-electron chi connectivity index (χ3n) is 2.71. The Morgan fingerprint density at radius 1 is 0.947 bits per heavy atom. The fourth-order valence-corrected chi connectivity index (χ4v) is 1.97. The van der Waals surface area contributed by atoms with Gasteiger partial charge >= 0.3 is 0 Å². The quantitative estimate of drug-likeness (QED) is 0.671. The zero-order valence-electron chi connectivity index (χ0n) is 9.63. The van der Waals surface area contributed by atoms with Gasteiger partial charge in [-0.25, -0.2) is 18.6 Å². The van der Waals surface area contributed by atoms with Gasteiger partial charge in [-0.05, 0) is 35.9 Å². The van der Waals surface area contributed by atoms with E-state index in [-0.39, 0.29) is 5.56 Å². The number of nitrogens with one attached hydrogen (secondary N) is 1. The molecule has 0 aliphatic heterocycles. The highest BCUT2D eigenvalue weighted by Crippen LogP contribution is 2.27. The third-order valence-corrected chi connectivity index (χ3v) is 2.95. The van der Waals surface area contributed by atoms with Crippen LogP contribution in [0.4, 0.5) is 13.2 Å². The van der Waals surface area contributed by atoms with Gasteiger partial charge in [0.25, 0.3) is 0 Å². The molecule has 0 saturated heterocycles. The summed E-state index contributed by atoms with van der Waals surface area (Å²) >= 11 is 5.79. The number of nitrogens with two attached hydrogens (primary N) is 1. The molecule has 2 aromatic rings. The molecule has 0 bridgehead atoms. The van der Waals surface area contributed by atoms with Crippen molar-refractivity contribution in [2.75, 3.05) is 0 Å². The standard InChI is InChI=1S/C13H10ClF3N2/c14-8-2-4-10(15)9(6-8)13(19-18)7-1-3-11(16)12(17)5-7/h1-6,13,19H,18H2. The van der Waals surface area contributed by atoms with Gasteiger partial charge < -0.3 is 0 Å². The summed E-state index contributed by atoms with van der Waals surface area (Å²) in [4.78, 5) is 0. The van der Waals surface area contributed by atoms with Crippen LogP contribution in [0.3, 0.4) is 0 Å². The largest absolute Gasteiger partial charge is 0.271 e. The van der Waals surface area contributed by atoms with E-state index in [2.05, 4.69) is 5.43 Å². The maximum Gasteiger partial charge on any atom is 0.159 e. The molecule has 2 aromatic carbocycles. The predicted molar refractivity (Wildman–Crippen MR) is 66.9 cm³/mol. The molecule has 6 heteroatoms. The maximum absolute atomic E-state index is 13.8. The van der Waals surface area contributed by atoms with E-state index in [0.717, 1.165) is 12.1 Å². The molecule has 0 saturated carbocycles. The fraction of sp³-hybridized carbons (Fsp3) is 0.0769. The summed E-state index contributed by atoms with van der Waals surface area (Å²) in [7, 11) is 0. The summed E-state index contributed by atoms with van der Waals surface area (Å²) in [6.45, 7) is 0. The minimum atomic E-state index is -1.03. The van der Waals surface area contributed by atoms with E-state index in [4.69, 9.17) is 17.4 Å². The summed E-state index contributed by atoms with van der Waals surface area (Å²) in [6.07, 6.45) is 0. The Balaban J connectivity index is 2.49. The Morgan fingerprint density at radius 2 is 1.63 bits per heavy atom. The lowest BCUT2D eigenvalue weighted by atomic mass is 9.98. The molecule has 3 N–H and O–H groups in total. The first kappa shape index (κ1) is 13.9. The molecule has 0 amide bonds. The highest BCUT2D eigenvalue weighted by atomic mass is 35.5. The zero-order chi connectivity index (χ0) is 14.0. The van der Waals surface area contributed by atoms with E-state index in [1.807, 2.05) is 0 Å². The van der Waals surface area contributed by atoms with E-state index in [0.29, 0.717) is 10.6 Å². The van der Waals surface area contributed by atoms with E-state index >= 15 is 0 Å². The third kappa shape index (κ3) is 2.89. The maximum atomic E-state index is 13.8. The molecule has 0 heterocycles. The molecule has 100 valence electrons. The number of hydrogen-bond acceptors (Lipinski definition) is 2. The van der Waals surface area contributed by atoms with Crippen LogP contribution in [0.2, 0.25) is 5.02 Å². The second-order valence-corrected chi connectivity index (χ2v) is 4.38. The fourth-order valence-electron chi connectivity index (χ4n) is 1.79. The van der Waals surface area contributed by atoms with E-state index in [1.165, 1.54) is 24.3 Å². The van der Waals surface area contributed by atoms with E-state index < -0.39 is 23.5 Å². The van der Waals surface area contributed by atoms with Crippen LogP contribution < -0.4 is 11.3 Å². The van der Waals surface area contributed by atoms with Crippen molar-refractivity contribution in [3.63, 3.8) is 0 Å². The van der Waals surface area contributed by atoms with Gasteiger partial charge in [0.05, 0.1) is 6.04 Å². The van der Waals surface area contributed by atoms with Gasteiger partial charge in [-0.1, -0.05) is 17.7 Å². The molecule has 0 radical (unpaired) electrons. The molecule has 0 aliphatic rings. The number of halogens is 4. The summed E-state index contributed by atoms with van der Waals surface area (Å²) in [6, 6.07) is 6.36. The van der Waals surface area contributed by atoms with Crippen LogP contribution in [-0.2, 0) is 0 Å². The van der Waals surface area contributed by atoms with E-state index in [9.17, 15) is 13.2 Å². The van der Waals surface area contributed by atoms with Crippen LogP contribution in [0.15, 0.2) is 36.4 Å². The second-order valence-electron chi connectivity index (χ2n) is 3.94. The predicted octanol–water partition coefficient (Wildman–Crippen LogP) is 3.31. The average molecular weight is 287 g/mol. The van der Waals surface area contributed by atoms with Crippen LogP contribution in [0.1, 0.15) is 17.2 Å². The first-order valence-electron chi connectivity index (χ1n) is 5.39. The number of hydrazine groups is 1. The highest BCUT2D eigenvalue weighted by Gasteiger charge is 2.18. The lowest BCUT2D eigenvalue weighted by Crippen LogP contribution is -2.29. The molecule has 0 fully saturated rings. The minimum absolute atomic E-state index is 0.154. The van der Waals surface area contributed by atoms with Crippen LogP contribution in [-0.4, -0.2) is 0 Å². The van der Waals surface area contributed by atoms with Crippen molar-refractivity contribution in [2.45, 2.75) is 6.04 Å². The Hall–Kier alpha value is -1.56. The molecule has 19 heavy (non-hydrogen) atoms. The van der Waals surface area contributed by atoms with Crippen LogP contribution in [0.5, 0.6) is 0 Å². The molecule has 0 aliphatic carbocycles. The van der Waals surface area contributed by atoms with Crippen LogP contribution >= 0.6 is 11.6 Å². The number of rotatable bonds is 3. The van der Waals surface area contributed by atoms with Crippen molar-refractivity contribution in [2.24, 2.45) is 5.84 Å². The van der Waals surface area contributed by atoms with Crippen molar-refractivity contribution in [1.82, 2.24) is 5.43 Å². The summed E-state index contributed by atoms with van der Waals surface area (Å²) in [5, 5.41) is 0.319. The van der Waals surface area contributed by atoms with Gasteiger partial charge in [0.2, 0.25) is 0 Å². The van der Waals surface area contributed by atoms with Crippen LogP contribution in [0, 0.1) is 17.5 Å². The van der Waals surface area contributed by atoms with Crippen LogP contribution in [0.25, 0.3) is 0 Å². The Kier molecular flexibility index (Phi) is 4.09. The SMILES string of the molecule is NNC(c1ccc(F)c(F)c1)c1cc(Cl)ccc1F. The molecule has 0 aromatic heterocycles. The molecule has 2 rings (SSSR count). The molecular weight excluding hydrogens is 277 g/mol. The average Bonchev–Trinajstić information content (AvgIpc) is 2.38. The highest BCUT2D eigenvalue weighted by molar-refractivity contribution is 6.30. The lowest BCUT2D eigenvalue weighted by molar-refractivity contribution is 0.502. The van der Waals surface area contributed by atoms with Crippen molar-refractivity contribution in [3.05, 3.63) is 70.0 Å². The van der Waals surface area contributed by atoms with Gasteiger partial charge in [0, 0.05) is 10.6 Å². The van der Waals surface area contributed by atoms with Gasteiger partial charge in [-0.15, -0.1) is 0 Å². The molecule has 2 nitrogen and oxygen atoms in total. The Bertz CT molecular complexity index is 604. The number of hydrogen-bond donors (Lipinski definition) is 2.